The van der Waals surface area contributed by atoms with Crippen LogP contribution in [0.1, 0.15) is 26.6 Å². The zero-order valence-electron chi connectivity index (χ0n) is 14.9. The van der Waals surface area contributed by atoms with Gasteiger partial charge < -0.3 is 14.2 Å². The average molecular weight is 387 g/mol. The van der Waals surface area contributed by atoms with Gasteiger partial charge >= 0.3 is 5.97 Å². The van der Waals surface area contributed by atoms with Crippen LogP contribution >= 0.6 is 11.3 Å². The van der Waals surface area contributed by atoms with E-state index in [1.807, 2.05) is 18.4 Å². The number of hydrogen-bond donors (Lipinski definition) is 0. The first-order valence-electron chi connectivity index (χ1n) is 8.18. The molecule has 2 aromatic carbocycles. The van der Waals surface area contributed by atoms with Crippen LogP contribution in [0.5, 0.6) is 11.5 Å². The topological polar surface area (TPSA) is 57.7 Å². The minimum absolute atomic E-state index is 0.0585. The van der Waals surface area contributed by atoms with E-state index in [0.29, 0.717) is 22.8 Å². The third-order valence-electron chi connectivity index (χ3n) is 3.70. The normalized spacial score (nSPS) is 10.5. The summed E-state index contributed by atoms with van der Waals surface area (Å²) in [6, 6.07) is 11.1. The fourth-order valence-corrected chi connectivity index (χ4v) is 3.05. The fourth-order valence-electron chi connectivity index (χ4n) is 2.36. The molecule has 0 spiro atoms. The Morgan fingerprint density at radius 2 is 1.93 bits per heavy atom. The molecule has 7 heteroatoms. The maximum absolute atomic E-state index is 12.9. The van der Waals surface area contributed by atoms with E-state index in [1.54, 1.807) is 24.3 Å². The summed E-state index contributed by atoms with van der Waals surface area (Å²) in [7, 11) is 1.51. The van der Waals surface area contributed by atoms with E-state index in [0.717, 1.165) is 10.6 Å². The van der Waals surface area contributed by atoms with Crippen molar-refractivity contribution >= 4 is 17.3 Å². The van der Waals surface area contributed by atoms with Gasteiger partial charge in [0.25, 0.3) is 0 Å². The number of aromatic nitrogens is 1. The Hall–Kier alpha value is -2.93. The van der Waals surface area contributed by atoms with Crippen LogP contribution < -0.4 is 9.47 Å². The molecule has 0 amide bonds. The lowest BCUT2D eigenvalue weighted by atomic mass is 10.1. The Kier molecular flexibility index (Phi) is 6.03. The number of thiazole rings is 1. The highest BCUT2D eigenvalue weighted by molar-refractivity contribution is 7.09. The van der Waals surface area contributed by atoms with Crippen molar-refractivity contribution in [1.29, 1.82) is 0 Å². The first kappa shape index (κ1) is 18.8. The van der Waals surface area contributed by atoms with Gasteiger partial charge in [-0.3, -0.25) is 0 Å². The largest absolute Gasteiger partial charge is 0.496 e. The molecule has 0 saturated carbocycles. The standard InChI is InChI=1S/C20H18FNO4S/c1-13-3-8-18(24-2)17(9-13)20(23)26-10-15-12-27-19(22-15)11-25-16-6-4-14(21)5-7-16/h3-9,12H,10-11H2,1-2H3. The number of aryl methyl sites for hydroxylation is 1. The summed E-state index contributed by atoms with van der Waals surface area (Å²) >= 11 is 1.40. The molecule has 0 fully saturated rings. The first-order valence-corrected chi connectivity index (χ1v) is 9.06. The van der Waals surface area contributed by atoms with Crippen molar-refractivity contribution in [3.8, 4) is 11.5 Å². The van der Waals surface area contributed by atoms with Crippen LogP contribution in [0.25, 0.3) is 0 Å². The lowest BCUT2D eigenvalue weighted by Crippen LogP contribution is -2.08. The van der Waals surface area contributed by atoms with E-state index in [9.17, 15) is 9.18 Å². The second-order valence-corrected chi connectivity index (χ2v) is 6.70. The van der Waals surface area contributed by atoms with Crippen molar-refractivity contribution in [1.82, 2.24) is 4.98 Å². The molecule has 5 nitrogen and oxygen atoms in total. The smallest absolute Gasteiger partial charge is 0.342 e. The number of hydrogen-bond acceptors (Lipinski definition) is 6. The molecule has 140 valence electrons. The van der Waals surface area contributed by atoms with Crippen LogP contribution in [-0.2, 0) is 18.0 Å². The Labute approximate surface area is 160 Å². The predicted molar refractivity (Wildman–Crippen MR) is 99.7 cm³/mol. The lowest BCUT2D eigenvalue weighted by molar-refractivity contribution is 0.0464. The van der Waals surface area contributed by atoms with Crippen molar-refractivity contribution < 1.29 is 23.4 Å². The van der Waals surface area contributed by atoms with Gasteiger partial charge in [0.2, 0.25) is 0 Å². The molecule has 0 atom stereocenters. The van der Waals surface area contributed by atoms with E-state index in [1.165, 1.54) is 30.6 Å². The number of nitrogens with zero attached hydrogens (tertiary/aromatic N) is 1. The highest BCUT2D eigenvalue weighted by Crippen LogP contribution is 2.21. The minimum atomic E-state index is -0.465. The lowest BCUT2D eigenvalue weighted by Gasteiger charge is -2.09. The molecule has 1 aromatic heterocycles. The van der Waals surface area contributed by atoms with Gasteiger partial charge in [-0.2, -0.15) is 0 Å². The van der Waals surface area contributed by atoms with E-state index >= 15 is 0 Å². The van der Waals surface area contributed by atoms with Gasteiger partial charge in [-0.05, 0) is 43.3 Å². The number of carbonyl (C=O) groups excluding carboxylic acids is 1. The predicted octanol–water partition coefficient (Wildman–Crippen LogP) is 4.54. The second-order valence-electron chi connectivity index (χ2n) is 5.76. The molecule has 1 heterocycles. The molecular formula is C20H18FNO4S. The number of esters is 1. The van der Waals surface area contributed by atoms with Crippen LogP contribution in [-0.4, -0.2) is 18.1 Å². The fraction of sp³-hybridized carbons (Fsp3) is 0.200. The molecule has 0 N–H and O–H groups in total. The van der Waals surface area contributed by atoms with Crippen LogP contribution in [0.2, 0.25) is 0 Å². The molecule has 0 bridgehead atoms. The number of rotatable bonds is 7. The molecule has 0 saturated heterocycles. The van der Waals surface area contributed by atoms with Crippen LogP contribution in [0.3, 0.4) is 0 Å². The van der Waals surface area contributed by atoms with E-state index in [-0.39, 0.29) is 19.0 Å². The quantitative estimate of drug-likeness (QED) is 0.557. The van der Waals surface area contributed by atoms with Crippen LogP contribution in [0, 0.1) is 12.7 Å². The van der Waals surface area contributed by atoms with E-state index in [4.69, 9.17) is 14.2 Å². The molecule has 0 aliphatic heterocycles. The maximum atomic E-state index is 12.9. The van der Waals surface area contributed by atoms with Gasteiger partial charge in [-0.25, -0.2) is 14.2 Å². The van der Waals surface area contributed by atoms with Gasteiger partial charge in [-0.1, -0.05) is 11.6 Å². The minimum Gasteiger partial charge on any atom is -0.496 e. The average Bonchev–Trinajstić information content (AvgIpc) is 3.13. The summed E-state index contributed by atoms with van der Waals surface area (Å²) in [5.41, 5.74) is 1.96. The maximum Gasteiger partial charge on any atom is 0.342 e. The summed E-state index contributed by atoms with van der Waals surface area (Å²) in [5.74, 6) is 0.252. The van der Waals surface area contributed by atoms with Crippen molar-refractivity contribution in [3.05, 3.63) is 75.5 Å². The van der Waals surface area contributed by atoms with E-state index in [2.05, 4.69) is 4.98 Å². The number of halogens is 1. The summed E-state index contributed by atoms with van der Waals surface area (Å²) in [6.45, 7) is 2.21. The summed E-state index contributed by atoms with van der Waals surface area (Å²) in [5, 5.41) is 2.54. The van der Waals surface area contributed by atoms with Crippen molar-refractivity contribution in [2.45, 2.75) is 20.1 Å². The Bertz CT molecular complexity index is 924. The van der Waals surface area contributed by atoms with Gasteiger partial charge in [-0.15, -0.1) is 11.3 Å². The molecule has 3 aromatic rings. The zero-order chi connectivity index (χ0) is 19.2. The highest BCUT2D eigenvalue weighted by atomic mass is 32.1. The molecular weight excluding hydrogens is 369 g/mol. The Morgan fingerprint density at radius 3 is 2.67 bits per heavy atom. The van der Waals surface area contributed by atoms with E-state index < -0.39 is 5.97 Å². The molecule has 0 aliphatic carbocycles. The monoisotopic (exact) mass is 387 g/mol. The van der Waals surface area contributed by atoms with Crippen LogP contribution in [0.15, 0.2) is 47.8 Å². The first-order chi connectivity index (χ1) is 13.0. The number of ether oxygens (including phenoxy) is 3. The third-order valence-corrected chi connectivity index (χ3v) is 4.57. The number of carbonyl (C=O) groups is 1. The second kappa shape index (κ2) is 8.64. The van der Waals surface area contributed by atoms with Crippen molar-refractivity contribution in [2.75, 3.05) is 7.11 Å². The molecule has 27 heavy (non-hydrogen) atoms. The van der Waals surface area contributed by atoms with Crippen molar-refractivity contribution in [3.63, 3.8) is 0 Å². The summed E-state index contributed by atoms with van der Waals surface area (Å²) in [4.78, 5) is 16.7. The van der Waals surface area contributed by atoms with Gasteiger partial charge in [0.15, 0.2) is 0 Å². The molecule has 0 unspecified atom stereocenters. The number of benzene rings is 2. The van der Waals surface area contributed by atoms with Crippen LogP contribution in [0.4, 0.5) is 4.39 Å². The van der Waals surface area contributed by atoms with Gasteiger partial charge in [0, 0.05) is 5.38 Å². The van der Waals surface area contributed by atoms with Gasteiger partial charge in [0.05, 0.1) is 12.8 Å². The highest BCUT2D eigenvalue weighted by Gasteiger charge is 2.15. The summed E-state index contributed by atoms with van der Waals surface area (Å²) in [6.07, 6.45) is 0. The Morgan fingerprint density at radius 1 is 1.15 bits per heavy atom. The molecule has 0 radical (unpaired) electrons. The zero-order valence-corrected chi connectivity index (χ0v) is 15.7. The summed E-state index contributed by atoms with van der Waals surface area (Å²) < 4.78 is 29.0. The Balaban J connectivity index is 1.55. The van der Waals surface area contributed by atoms with Gasteiger partial charge in [0.1, 0.15) is 41.1 Å². The molecule has 0 aliphatic rings. The molecule has 3 rings (SSSR count). The van der Waals surface area contributed by atoms with Crippen molar-refractivity contribution in [2.24, 2.45) is 0 Å². The third kappa shape index (κ3) is 5.04. The SMILES string of the molecule is COc1ccc(C)cc1C(=O)OCc1csc(COc2ccc(F)cc2)n1. The number of methoxy groups -OCH3 is 1.